The molecular formula is C28H32O3. The summed E-state index contributed by atoms with van der Waals surface area (Å²) in [6.45, 7) is 6.18. The molecule has 0 aliphatic heterocycles. The van der Waals surface area contributed by atoms with Crippen LogP contribution in [0, 0.1) is 36.0 Å². The summed E-state index contributed by atoms with van der Waals surface area (Å²) in [4.78, 5) is 12.9. The van der Waals surface area contributed by atoms with Gasteiger partial charge in [-0.25, -0.2) is 0 Å². The number of terminal acetylenes is 1. The highest BCUT2D eigenvalue weighted by Crippen LogP contribution is 2.27. The number of carbonyl (C=O) groups is 1. The molecule has 0 fully saturated rings. The number of unbranched alkanes of at least 4 members (excludes halogenated alkanes) is 3. The molecule has 0 amide bonds. The van der Waals surface area contributed by atoms with Gasteiger partial charge >= 0.3 is 5.97 Å². The van der Waals surface area contributed by atoms with Gasteiger partial charge in [0.2, 0.25) is 0 Å². The van der Waals surface area contributed by atoms with Crippen molar-refractivity contribution < 1.29 is 14.3 Å². The Balaban J connectivity index is 2.03. The second kappa shape index (κ2) is 13.2. The molecular weight excluding hydrogens is 384 g/mol. The fourth-order valence-corrected chi connectivity index (χ4v) is 3.09. The van der Waals surface area contributed by atoms with Crippen molar-refractivity contribution in [2.45, 2.75) is 59.0 Å². The largest absolute Gasteiger partial charge is 0.457 e. The lowest BCUT2D eigenvalue weighted by atomic mass is 9.92. The minimum atomic E-state index is -0.773. The molecule has 0 radical (unpaired) electrons. The normalized spacial score (nSPS) is 12.2. The molecule has 3 heteroatoms. The van der Waals surface area contributed by atoms with Crippen LogP contribution in [0.3, 0.4) is 0 Å². The molecule has 162 valence electrons. The first-order valence-electron chi connectivity index (χ1n) is 11.0. The molecule has 3 nitrogen and oxygen atoms in total. The van der Waals surface area contributed by atoms with Crippen LogP contribution in [-0.2, 0) is 9.53 Å². The average molecular weight is 417 g/mol. The van der Waals surface area contributed by atoms with Crippen LogP contribution >= 0.6 is 0 Å². The summed E-state index contributed by atoms with van der Waals surface area (Å²) in [5.41, 5.74) is 0.706. The number of esters is 1. The molecule has 0 heterocycles. The Hall–Kier alpha value is -3.17. The second-order valence-electron chi connectivity index (χ2n) is 7.84. The number of ether oxygens (including phenoxy) is 2. The second-order valence-corrected chi connectivity index (χ2v) is 7.84. The zero-order chi connectivity index (χ0) is 22.5. The molecule has 2 unspecified atom stereocenters. The van der Waals surface area contributed by atoms with E-state index in [0.29, 0.717) is 17.7 Å². The average Bonchev–Trinajstić information content (AvgIpc) is 2.77. The van der Waals surface area contributed by atoms with Crippen LogP contribution < -0.4 is 4.74 Å². The molecule has 0 aromatic heterocycles. The van der Waals surface area contributed by atoms with Crippen LogP contribution in [-0.4, -0.2) is 5.97 Å². The van der Waals surface area contributed by atoms with Gasteiger partial charge < -0.3 is 9.47 Å². The van der Waals surface area contributed by atoms with Crippen LogP contribution in [0.4, 0.5) is 0 Å². The van der Waals surface area contributed by atoms with E-state index in [1.165, 1.54) is 12.8 Å². The number of hydrogen-bond acceptors (Lipinski definition) is 3. The van der Waals surface area contributed by atoms with E-state index in [-0.39, 0.29) is 17.8 Å². The number of para-hydroxylation sites is 1. The summed E-state index contributed by atoms with van der Waals surface area (Å²) in [5, 5.41) is 0. The molecule has 0 spiro atoms. The lowest BCUT2D eigenvalue weighted by Gasteiger charge is -2.20. The maximum atomic E-state index is 12.9. The molecule has 2 aromatic carbocycles. The Morgan fingerprint density at radius 1 is 1.00 bits per heavy atom. The topological polar surface area (TPSA) is 35.5 Å². The van der Waals surface area contributed by atoms with Crippen molar-refractivity contribution in [2.75, 3.05) is 0 Å². The SMILES string of the molecule is C#CC(OC(=O)C(CC#CCCCCC)C(C)C)c1cccc(Oc2ccccc2)c1. The van der Waals surface area contributed by atoms with Crippen molar-refractivity contribution in [3.05, 3.63) is 60.2 Å². The van der Waals surface area contributed by atoms with E-state index < -0.39 is 6.10 Å². The minimum Gasteiger partial charge on any atom is -0.457 e. The van der Waals surface area contributed by atoms with E-state index >= 15 is 0 Å². The Kier molecular flexibility index (Phi) is 10.3. The van der Waals surface area contributed by atoms with Crippen molar-refractivity contribution >= 4 is 5.97 Å². The van der Waals surface area contributed by atoms with Crippen molar-refractivity contribution in [1.82, 2.24) is 0 Å². The van der Waals surface area contributed by atoms with Gasteiger partial charge in [0.1, 0.15) is 11.5 Å². The molecule has 31 heavy (non-hydrogen) atoms. The molecule has 2 atom stereocenters. The van der Waals surface area contributed by atoms with Crippen molar-refractivity contribution in [2.24, 2.45) is 11.8 Å². The number of rotatable bonds is 10. The summed E-state index contributed by atoms with van der Waals surface area (Å²) in [5.74, 6) is 9.78. The van der Waals surface area contributed by atoms with Crippen LogP contribution in [0.1, 0.15) is 64.5 Å². The predicted molar refractivity (Wildman–Crippen MR) is 125 cm³/mol. The lowest BCUT2D eigenvalue weighted by molar-refractivity contribution is -0.153. The van der Waals surface area contributed by atoms with Gasteiger partial charge in [-0.3, -0.25) is 4.79 Å². The molecule has 0 saturated heterocycles. The first-order valence-corrected chi connectivity index (χ1v) is 11.0. The molecule has 2 rings (SSSR count). The Labute approximate surface area is 187 Å². The monoisotopic (exact) mass is 416 g/mol. The van der Waals surface area contributed by atoms with Gasteiger partial charge in [-0.15, -0.1) is 18.3 Å². The number of benzene rings is 2. The predicted octanol–water partition coefficient (Wildman–Crippen LogP) is 6.94. The third-order valence-corrected chi connectivity index (χ3v) is 4.98. The quantitative estimate of drug-likeness (QED) is 0.239. The van der Waals surface area contributed by atoms with Gasteiger partial charge in [-0.2, -0.15) is 0 Å². The third-order valence-electron chi connectivity index (χ3n) is 4.98. The Morgan fingerprint density at radius 3 is 2.42 bits per heavy atom. The standard InChI is InChI=1S/C28H32O3/c1-5-7-8-9-10-14-20-26(22(3)4)28(29)31-27(6-2)23-16-15-19-25(21-23)30-24-17-12-11-13-18-24/h2,11-13,15-19,21-22,26-27H,5,7-9,20H2,1,3-4H3. The van der Waals surface area contributed by atoms with E-state index in [9.17, 15) is 4.79 Å². The van der Waals surface area contributed by atoms with Gasteiger partial charge in [0.15, 0.2) is 6.10 Å². The van der Waals surface area contributed by atoms with E-state index in [1.807, 2.05) is 68.4 Å². The highest BCUT2D eigenvalue weighted by Gasteiger charge is 2.26. The zero-order valence-electron chi connectivity index (χ0n) is 18.8. The molecule has 0 saturated carbocycles. The van der Waals surface area contributed by atoms with E-state index in [2.05, 4.69) is 24.7 Å². The fourth-order valence-electron chi connectivity index (χ4n) is 3.09. The summed E-state index contributed by atoms with van der Waals surface area (Å²) in [6.07, 6.45) is 9.74. The summed E-state index contributed by atoms with van der Waals surface area (Å²) in [6, 6.07) is 16.8. The van der Waals surface area contributed by atoms with Gasteiger partial charge in [0.25, 0.3) is 0 Å². The van der Waals surface area contributed by atoms with E-state index in [0.717, 1.165) is 18.6 Å². The van der Waals surface area contributed by atoms with Gasteiger partial charge in [-0.1, -0.05) is 69.9 Å². The maximum absolute atomic E-state index is 12.9. The minimum absolute atomic E-state index is 0.114. The molecule has 0 bridgehead atoms. The number of hydrogen-bond donors (Lipinski definition) is 0. The summed E-state index contributed by atoms with van der Waals surface area (Å²) < 4.78 is 11.6. The maximum Gasteiger partial charge on any atom is 0.311 e. The van der Waals surface area contributed by atoms with E-state index in [1.54, 1.807) is 0 Å². The van der Waals surface area contributed by atoms with Crippen molar-refractivity contribution in [3.8, 4) is 35.7 Å². The van der Waals surface area contributed by atoms with Crippen molar-refractivity contribution in [1.29, 1.82) is 0 Å². The summed E-state index contributed by atoms with van der Waals surface area (Å²) in [7, 11) is 0. The van der Waals surface area contributed by atoms with Gasteiger partial charge in [0, 0.05) is 18.4 Å². The van der Waals surface area contributed by atoms with Crippen LogP contribution in [0.15, 0.2) is 54.6 Å². The lowest BCUT2D eigenvalue weighted by Crippen LogP contribution is -2.24. The molecule has 0 N–H and O–H groups in total. The van der Waals surface area contributed by atoms with E-state index in [4.69, 9.17) is 15.9 Å². The highest BCUT2D eigenvalue weighted by atomic mass is 16.5. The molecule has 0 aliphatic carbocycles. The molecule has 0 aliphatic rings. The number of carbonyl (C=O) groups excluding carboxylic acids is 1. The van der Waals surface area contributed by atoms with Crippen LogP contribution in [0.25, 0.3) is 0 Å². The Bertz CT molecular complexity index is 913. The smallest absolute Gasteiger partial charge is 0.311 e. The summed E-state index contributed by atoms with van der Waals surface area (Å²) >= 11 is 0. The molecule has 2 aromatic rings. The first kappa shape index (κ1) is 24.1. The first-order chi connectivity index (χ1) is 15.0. The fraction of sp³-hybridized carbons (Fsp3) is 0.393. The van der Waals surface area contributed by atoms with Gasteiger partial charge in [-0.05, 0) is 36.6 Å². The van der Waals surface area contributed by atoms with Crippen LogP contribution in [0.5, 0.6) is 11.5 Å². The van der Waals surface area contributed by atoms with Gasteiger partial charge in [0.05, 0.1) is 5.92 Å². The van der Waals surface area contributed by atoms with Crippen molar-refractivity contribution in [3.63, 3.8) is 0 Å². The zero-order valence-corrected chi connectivity index (χ0v) is 18.8. The van der Waals surface area contributed by atoms with Crippen LogP contribution in [0.2, 0.25) is 0 Å². The highest BCUT2D eigenvalue weighted by molar-refractivity contribution is 5.73. The third kappa shape index (κ3) is 8.23. The Morgan fingerprint density at radius 2 is 1.74 bits per heavy atom.